The van der Waals surface area contributed by atoms with Gasteiger partial charge in [0.05, 0.1) is 11.1 Å². The van der Waals surface area contributed by atoms with Crippen LogP contribution >= 0.6 is 23.2 Å². The third kappa shape index (κ3) is 2.47. The fraction of sp³-hybridized carbons (Fsp3) is 0.300. The van der Waals surface area contributed by atoms with E-state index in [1.54, 1.807) is 18.2 Å². The summed E-state index contributed by atoms with van der Waals surface area (Å²) in [4.78, 5) is 11.7. The second kappa shape index (κ2) is 4.78. The van der Waals surface area contributed by atoms with Gasteiger partial charge in [-0.25, -0.2) is 0 Å². The topological polar surface area (TPSA) is 43.1 Å². The summed E-state index contributed by atoms with van der Waals surface area (Å²) in [6.07, 6.45) is 0.595. The van der Waals surface area contributed by atoms with Crippen LogP contribution in [0.2, 0.25) is 10.0 Å². The van der Waals surface area contributed by atoms with Gasteiger partial charge < -0.3 is 5.73 Å². The number of halogens is 2. The highest BCUT2D eigenvalue weighted by molar-refractivity contribution is 6.37. The van der Waals surface area contributed by atoms with Gasteiger partial charge in [0.2, 0.25) is 0 Å². The van der Waals surface area contributed by atoms with Crippen LogP contribution < -0.4 is 5.73 Å². The molecule has 14 heavy (non-hydrogen) atoms. The molecule has 0 spiro atoms. The Balaban J connectivity index is 3.02. The molecule has 1 rings (SSSR count). The molecule has 2 nitrogen and oxygen atoms in total. The Morgan fingerprint density at radius 3 is 2.64 bits per heavy atom. The molecule has 4 heteroatoms. The first-order chi connectivity index (χ1) is 6.56. The van der Waals surface area contributed by atoms with Crippen molar-refractivity contribution in [1.29, 1.82) is 0 Å². The molecule has 0 amide bonds. The van der Waals surface area contributed by atoms with E-state index in [-0.39, 0.29) is 5.78 Å². The minimum atomic E-state index is -0.492. The Labute approximate surface area is 93.0 Å². The molecule has 0 aliphatic heterocycles. The van der Waals surface area contributed by atoms with Crippen molar-refractivity contribution in [3.8, 4) is 0 Å². The standard InChI is InChI=1S/C10H11Cl2NO/c1-2-9(13)10(14)7-4-3-6(11)5-8(7)12/h3-5,9H,2,13H2,1H3. The smallest absolute Gasteiger partial charge is 0.180 e. The number of hydrogen-bond donors (Lipinski definition) is 1. The van der Waals surface area contributed by atoms with E-state index in [9.17, 15) is 4.79 Å². The van der Waals surface area contributed by atoms with E-state index in [0.29, 0.717) is 22.0 Å². The first-order valence-corrected chi connectivity index (χ1v) is 5.06. The van der Waals surface area contributed by atoms with Crippen molar-refractivity contribution in [2.45, 2.75) is 19.4 Å². The first-order valence-electron chi connectivity index (χ1n) is 4.31. The van der Waals surface area contributed by atoms with E-state index in [0.717, 1.165) is 0 Å². The van der Waals surface area contributed by atoms with Gasteiger partial charge in [-0.15, -0.1) is 0 Å². The Hall–Kier alpha value is -0.570. The van der Waals surface area contributed by atoms with Crippen LogP contribution in [0.5, 0.6) is 0 Å². The Kier molecular flexibility index (Phi) is 3.93. The van der Waals surface area contributed by atoms with E-state index in [1.165, 1.54) is 0 Å². The first kappa shape index (κ1) is 11.5. The van der Waals surface area contributed by atoms with Gasteiger partial charge in [-0.2, -0.15) is 0 Å². The SMILES string of the molecule is CCC(N)C(=O)c1ccc(Cl)cc1Cl. The molecule has 1 aromatic carbocycles. The zero-order chi connectivity index (χ0) is 10.7. The Bertz CT molecular complexity index is 352. The monoisotopic (exact) mass is 231 g/mol. The number of nitrogens with two attached hydrogens (primary N) is 1. The van der Waals surface area contributed by atoms with Crippen LogP contribution in [0.1, 0.15) is 23.7 Å². The van der Waals surface area contributed by atoms with Crippen molar-refractivity contribution < 1.29 is 4.79 Å². The van der Waals surface area contributed by atoms with Crippen molar-refractivity contribution in [3.05, 3.63) is 33.8 Å². The molecule has 2 N–H and O–H groups in total. The Morgan fingerprint density at radius 1 is 1.50 bits per heavy atom. The number of carbonyl (C=O) groups is 1. The van der Waals surface area contributed by atoms with Gasteiger partial charge in [0.15, 0.2) is 5.78 Å². The van der Waals surface area contributed by atoms with Crippen LogP contribution in [0.3, 0.4) is 0 Å². The van der Waals surface area contributed by atoms with Crippen LogP contribution in [-0.4, -0.2) is 11.8 Å². The lowest BCUT2D eigenvalue weighted by Gasteiger charge is -2.08. The number of ketones is 1. The molecule has 76 valence electrons. The highest BCUT2D eigenvalue weighted by Gasteiger charge is 2.16. The average molecular weight is 232 g/mol. The minimum absolute atomic E-state index is 0.144. The summed E-state index contributed by atoms with van der Waals surface area (Å²) in [5, 5.41) is 0.864. The minimum Gasteiger partial charge on any atom is -0.321 e. The zero-order valence-electron chi connectivity index (χ0n) is 7.76. The fourth-order valence-electron chi connectivity index (χ4n) is 1.07. The van der Waals surface area contributed by atoms with Gasteiger partial charge in [0.1, 0.15) is 0 Å². The van der Waals surface area contributed by atoms with Crippen molar-refractivity contribution in [2.75, 3.05) is 0 Å². The number of carbonyl (C=O) groups excluding carboxylic acids is 1. The van der Waals surface area contributed by atoms with E-state index in [2.05, 4.69) is 0 Å². The summed E-state index contributed by atoms with van der Waals surface area (Å²) in [5.74, 6) is -0.144. The van der Waals surface area contributed by atoms with Crippen molar-refractivity contribution >= 4 is 29.0 Å². The molecule has 0 aromatic heterocycles. The van der Waals surface area contributed by atoms with E-state index >= 15 is 0 Å². The largest absolute Gasteiger partial charge is 0.321 e. The lowest BCUT2D eigenvalue weighted by atomic mass is 10.0. The third-order valence-electron chi connectivity index (χ3n) is 1.97. The molecule has 0 aliphatic carbocycles. The van der Waals surface area contributed by atoms with Crippen molar-refractivity contribution in [3.63, 3.8) is 0 Å². The van der Waals surface area contributed by atoms with E-state index in [4.69, 9.17) is 28.9 Å². The normalized spacial score (nSPS) is 12.6. The molecule has 1 unspecified atom stereocenters. The third-order valence-corrected chi connectivity index (χ3v) is 2.52. The van der Waals surface area contributed by atoms with Gasteiger partial charge >= 0.3 is 0 Å². The second-order valence-corrected chi connectivity index (χ2v) is 3.85. The van der Waals surface area contributed by atoms with Gasteiger partial charge in [0, 0.05) is 10.6 Å². The predicted molar refractivity (Wildman–Crippen MR) is 59.1 cm³/mol. The number of rotatable bonds is 3. The summed E-state index contributed by atoms with van der Waals surface area (Å²) in [6, 6.07) is 4.28. The van der Waals surface area contributed by atoms with E-state index in [1.807, 2.05) is 6.92 Å². The molecule has 0 fully saturated rings. The maximum absolute atomic E-state index is 11.7. The summed E-state index contributed by atoms with van der Waals surface area (Å²) in [6.45, 7) is 1.85. The van der Waals surface area contributed by atoms with Gasteiger partial charge in [-0.05, 0) is 24.6 Å². The van der Waals surface area contributed by atoms with Crippen LogP contribution in [0.25, 0.3) is 0 Å². The van der Waals surface area contributed by atoms with Crippen LogP contribution in [0, 0.1) is 0 Å². The molecule has 0 saturated heterocycles. The quantitative estimate of drug-likeness (QED) is 0.814. The Morgan fingerprint density at radius 2 is 2.14 bits per heavy atom. The van der Waals surface area contributed by atoms with Crippen LogP contribution in [0.15, 0.2) is 18.2 Å². The summed E-state index contributed by atoms with van der Waals surface area (Å²) < 4.78 is 0. The molecule has 1 atom stereocenters. The molecule has 1 aromatic rings. The molecule has 0 radical (unpaired) electrons. The van der Waals surface area contributed by atoms with Gasteiger partial charge in [-0.3, -0.25) is 4.79 Å². The van der Waals surface area contributed by atoms with Crippen molar-refractivity contribution in [1.82, 2.24) is 0 Å². The number of benzene rings is 1. The average Bonchev–Trinajstić information content (AvgIpc) is 2.15. The lowest BCUT2D eigenvalue weighted by molar-refractivity contribution is 0.0959. The van der Waals surface area contributed by atoms with Crippen molar-refractivity contribution in [2.24, 2.45) is 5.73 Å². The van der Waals surface area contributed by atoms with Crippen LogP contribution in [-0.2, 0) is 0 Å². The highest BCUT2D eigenvalue weighted by Crippen LogP contribution is 2.22. The second-order valence-electron chi connectivity index (χ2n) is 3.00. The number of hydrogen-bond acceptors (Lipinski definition) is 2. The van der Waals surface area contributed by atoms with Gasteiger partial charge in [-0.1, -0.05) is 30.1 Å². The predicted octanol–water partition coefficient (Wildman–Crippen LogP) is 2.91. The molecule has 0 saturated carbocycles. The molecule has 0 heterocycles. The zero-order valence-corrected chi connectivity index (χ0v) is 9.27. The maximum Gasteiger partial charge on any atom is 0.180 e. The summed E-state index contributed by atoms with van der Waals surface area (Å²) in [5.41, 5.74) is 6.05. The molecule has 0 aliphatic rings. The van der Waals surface area contributed by atoms with Crippen LogP contribution in [0.4, 0.5) is 0 Å². The maximum atomic E-state index is 11.7. The summed E-state index contributed by atoms with van der Waals surface area (Å²) in [7, 11) is 0. The fourth-order valence-corrected chi connectivity index (χ4v) is 1.58. The molecular formula is C10H11Cl2NO. The summed E-state index contributed by atoms with van der Waals surface area (Å²) >= 11 is 11.6. The molecular weight excluding hydrogens is 221 g/mol. The molecule has 0 bridgehead atoms. The van der Waals surface area contributed by atoms with E-state index < -0.39 is 6.04 Å². The van der Waals surface area contributed by atoms with Gasteiger partial charge in [0.25, 0.3) is 0 Å². The lowest BCUT2D eigenvalue weighted by Crippen LogP contribution is -2.29. The highest BCUT2D eigenvalue weighted by atomic mass is 35.5. The number of Topliss-reactive ketones (excluding diaryl/α,β-unsaturated/α-hetero) is 1.